The third-order valence-corrected chi connectivity index (χ3v) is 6.53. The Morgan fingerprint density at radius 3 is 2.46 bits per heavy atom. The van der Waals surface area contributed by atoms with Crippen molar-refractivity contribution in [3.8, 4) is 11.1 Å². The molecule has 194 valence electrons. The third kappa shape index (κ3) is 6.36. The number of nitrogens with one attached hydrogen (secondary N) is 3. The van der Waals surface area contributed by atoms with E-state index in [2.05, 4.69) is 15.4 Å². The van der Waals surface area contributed by atoms with E-state index in [-0.39, 0.29) is 27.6 Å². The number of rotatable bonds is 6. The molecule has 0 spiro atoms. The number of urea groups is 1. The van der Waals surface area contributed by atoms with Crippen LogP contribution in [0.3, 0.4) is 0 Å². The first-order chi connectivity index (χ1) is 17.5. The highest BCUT2D eigenvalue weighted by molar-refractivity contribution is 7.92. The molecule has 1 fully saturated rings. The predicted octanol–water partition coefficient (Wildman–Crippen LogP) is 4.97. The number of benzene rings is 3. The second-order valence-corrected chi connectivity index (χ2v) is 10.7. The van der Waals surface area contributed by atoms with Crippen LogP contribution in [0, 0.1) is 11.6 Å². The Hall–Kier alpha value is -3.70. The Bertz CT molecular complexity index is 1470. The highest BCUT2D eigenvalue weighted by Crippen LogP contribution is 2.33. The molecule has 0 saturated carbocycles. The molecule has 1 atom stereocenters. The van der Waals surface area contributed by atoms with Gasteiger partial charge in [-0.25, -0.2) is 22.0 Å². The van der Waals surface area contributed by atoms with Crippen LogP contribution in [0.2, 0.25) is 5.02 Å². The summed E-state index contributed by atoms with van der Waals surface area (Å²) in [4.78, 5) is 26.9. The minimum atomic E-state index is -3.59. The summed E-state index contributed by atoms with van der Waals surface area (Å²) in [7, 11) is -3.59. The van der Waals surface area contributed by atoms with Crippen molar-refractivity contribution >= 4 is 50.6 Å². The van der Waals surface area contributed by atoms with Gasteiger partial charge in [-0.15, -0.1) is 0 Å². The average Bonchev–Trinajstić information content (AvgIpc) is 2.82. The Morgan fingerprint density at radius 2 is 1.76 bits per heavy atom. The molecule has 0 aromatic heterocycles. The lowest BCUT2D eigenvalue weighted by Gasteiger charge is -2.32. The third-order valence-electron chi connectivity index (χ3n) is 5.70. The van der Waals surface area contributed by atoms with Crippen LogP contribution in [0.25, 0.3) is 11.1 Å². The number of carbonyl (C=O) groups is 2. The van der Waals surface area contributed by atoms with E-state index in [4.69, 9.17) is 11.6 Å². The molecule has 1 heterocycles. The molecule has 8 nitrogen and oxygen atoms in total. The van der Waals surface area contributed by atoms with Gasteiger partial charge in [0.05, 0.1) is 17.6 Å². The average molecular weight is 549 g/mol. The molecule has 4 rings (SSSR count). The molecule has 12 heteroatoms. The van der Waals surface area contributed by atoms with Crippen molar-refractivity contribution in [3.63, 3.8) is 0 Å². The molecule has 3 N–H and O–H groups in total. The van der Waals surface area contributed by atoms with Crippen molar-refractivity contribution in [1.29, 1.82) is 0 Å². The molecule has 1 aliphatic heterocycles. The largest absolute Gasteiger partial charge is 0.326 e. The SMILES string of the molecule is CS(=O)(=O)Nc1ccccc1-c1ccc(N2CCCC(NC(=O)Nc3ccc(Cl)cc3F)C2=O)cc1F. The van der Waals surface area contributed by atoms with Gasteiger partial charge < -0.3 is 15.5 Å². The first-order valence-electron chi connectivity index (χ1n) is 11.2. The van der Waals surface area contributed by atoms with E-state index in [0.717, 1.165) is 12.3 Å². The van der Waals surface area contributed by atoms with Crippen LogP contribution >= 0.6 is 11.6 Å². The van der Waals surface area contributed by atoms with E-state index >= 15 is 4.39 Å². The molecule has 1 unspecified atom stereocenters. The number of halogens is 3. The van der Waals surface area contributed by atoms with E-state index in [1.54, 1.807) is 24.3 Å². The molecule has 1 saturated heterocycles. The summed E-state index contributed by atoms with van der Waals surface area (Å²) in [5.74, 6) is -1.81. The number of amides is 3. The van der Waals surface area contributed by atoms with Crippen LogP contribution in [0.15, 0.2) is 60.7 Å². The molecule has 3 aromatic rings. The predicted molar refractivity (Wildman–Crippen MR) is 139 cm³/mol. The number of hydrogen-bond donors (Lipinski definition) is 3. The van der Waals surface area contributed by atoms with Crippen molar-refractivity contribution in [3.05, 3.63) is 77.3 Å². The fraction of sp³-hybridized carbons (Fsp3) is 0.200. The molecule has 1 aliphatic rings. The number of carbonyl (C=O) groups excluding carboxylic acids is 2. The summed E-state index contributed by atoms with van der Waals surface area (Å²) in [6.07, 6.45) is 1.90. The molecule has 0 bridgehead atoms. The van der Waals surface area contributed by atoms with Gasteiger partial charge in [0, 0.05) is 28.4 Å². The van der Waals surface area contributed by atoms with E-state index in [1.807, 2.05) is 0 Å². The van der Waals surface area contributed by atoms with Crippen LogP contribution < -0.4 is 20.3 Å². The summed E-state index contributed by atoms with van der Waals surface area (Å²) in [6.45, 7) is 0.315. The first-order valence-corrected chi connectivity index (χ1v) is 13.5. The molecule has 3 amide bonds. The number of piperidine rings is 1. The molecular weight excluding hydrogens is 526 g/mol. The lowest BCUT2D eigenvalue weighted by molar-refractivity contribution is -0.121. The van der Waals surface area contributed by atoms with Gasteiger partial charge in [0.25, 0.3) is 0 Å². The van der Waals surface area contributed by atoms with Crippen molar-refractivity contribution in [2.45, 2.75) is 18.9 Å². The van der Waals surface area contributed by atoms with Crippen molar-refractivity contribution in [2.24, 2.45) is 0 Å². The monoisotopic (exact) mass is 548 g/mol. The lowest BCUT2D eigenvalue weighted by atomic mass is 10.0. The number of nitrogens with zero attached hydrogens (tertiary/aromatic N) is 1. The molecule has 3 aromatic carbocycles. The highest BCUT2D eigenvalue weighted by Gasteiger charge is 2.31. The standard InChI is InChI=1S/C25H23ClF2N4O4S/c1-37(35,36)31-21-6-3-2-5-18(21)17-10-9-16(14-19(17)27)32-12-4-7-23(24(32)33)30-25(34)29-22-11-8-15(26)13-20(22)28/h2-3,5-6,8-11,13-14,23,31H,4,7,12H2,1H3,(H2,29,30,34). The Balaban J connectivity index is 1.50. The summed E-state index contributed by atoms with van der Waals surface area (Å²) in [5, 5.41) is 5.07. The highest BCUT2D eigenvalue weighted by atomic mass is 35.5. The van der Waals surface area contributed by atoms with Gasteiger partial charge >= 0.3 is 6.03 Å². The Morgan fingerprint density at radius 1 is 1.00 bits per heavy atom. The second-order valence-electron chi connectivity index (χ2n) is 8.49. The summed E-state index contributed by atoms with van der Waals surface area (Å²) >= 11 is 5.72. The Labute approximate surface area is 217 Å². The minimum absolute atomic E-state index is 0.0923. The Kier molecular flexibility index (Phi) is 7.65. The summed E-state index contributed by atoms with van der Waals surface area (Å²) in [5.41, 5.74) is 0.908. The zero-order valence-corrected chi connectivity index (χ0v) is 21.2. The van der Waals surface area contributed by atoms with E-state index in [0.29, 0.717) is 24.9 Å². The van der Waals surface area contributed by atoms with Crippen LogP contribution in [-0.2, 0) is 14.8 Å². The normalized spacial score (nSPS) is 15.8. The van der Waals surface area contributed by atoms with E-state index in [1.165, 1.54) is 35.2 Å². The smallest absolute Gasteiger partial charge is 0.319 e. The molecule has 0 radical (unpaired) electrons. The first kappa shape index (κ1) is 26.4. The van der Waals surface area contributed by atoms with Crippen LogP contribution in [0.1, 0.15) is 12.8 Å². The van der Waals surface area contributed by atoms with Gasteiger partial charge in [-0.3, -0.25) is 9.52 Å². The van der Waals surface area contributed by atoms with Gasteiger partial charge in [0.15, 0.2) is 0 Å². The molecular formula is C25H23ClF2N4O4S. The fourth-order valence-electron chi connectivity index (χ4n) is 4.07. The van der Waals surface area contributed by atoms with E-state index < -0.39 is 39.6 Å². The second kappa shape index (κ2) is 10.7. The topological polar surface area (TPSA) is 108 Å². The minimum Gasteiger partial charge on any atom is -0.326 e. The van der Waals surface area contributed by atoms with Crippen molar-refractivity contribution in [1.82, 2.24) is 5.32 Å². The number of anilines is 3. The molecule has 0 aliphatic carbocycles. The van der Waals surface area contributed by atoms with Gasteiger partial charge in [-0.1, -0.05) is 29.8 Å². The van der Waals surface area contributed by atoms with Gasteiger partial charge in [-0.05, 0) is 55.3 Å². The van der Waals surface area contributed by atoms with Gasteiger partial charge in [-0.2, -0.15) is 0 Å². The van der Waals surface area contributed by atoms with Crippen LogP contribution in [-0.4, -0.2) is 39.2 Å². The fourth-order valence-corrected chi connectivity index (χ4v) is 4.81. The van der Waals surface area contributed by atoms with Crippen LogP contribution in [0.5, 0.6) is 0 Å². The van der Waals surface area contributed by atoms with Gasteiger partial charge in [0.1, 0.15) is 17.7 Å². The van der Waals surface area contributed by atoms with Gasteiger partial charge in [0.2, 0.25) is 15.9 Å². The maximum absolute atomic E-state index is 15.2. The maximum Gasteiger partial charge on any atom is 0.319 e. The molecule has 37 heavy (non-hydrogen) atoms. The van der Waals surface area contributed by atoms with E-state index in [9.17, 15) is 22.4 Å². The van der Waals surface area contributed by atoms with Crippen molar-refractivity contribution in [2.75, 3.05) is 27.7 Å². The number of hydrogen-bond acceptors (Lipinski definition) is 4. The zero-order valence-electron chi connectivity index (χ0n) is 19.6. The quantitative estimate of drug-likeness (QED) is 0.404. The lowest BCUT2D eigenvalue weighted by Crippen LogP contribution is -2.53. The number of para-hydroxylation sites is 1. The van der Waals surface area contributed by atoms with Crippen molar-refractivity contribution < 1.29 is 26.8 Å². The van der Waals surface area contributed by atoms with Crippen LogP contribution in [0.4, 0.5) is 30.6 Å². The summed E-state index contributed by atoms with van der Waals surface area (Å²) < 4.78 is 55.0. The summed E-state index contributed by atoms with van der Waals surface area (Å²) in [6, 6.07) is 12.7. The number of sulfonamides is 1. The zero-order chi connectivity index (χ0) is 26.7. The maximum atomic E-state index is 15.2.